The van der Waals surface area contributed by atoms with Gasteiger partial charge in [0.15, 0.2) is 0 Å². The summed E-state index contributed by atoms with van der Waals surface area (Å²) in [6, 6.07) is 2.71. The number of carbonyl (C=O) groups excluding carboxylic acids is 1. The molecule has 4 nitrogen and oxygen atoms in total. The molecule has 0 aliphatic carbocycles. The summed E-state index contributed by atoms with van der Waals surface area (Å²) in [5.41, 5.74) is 0.630. The first-order chi connectivity index (χ1) is 9.01. The third kappa shape index (κ3) is 4.07. The fraction of sp³-hybridized carbons (Fsp3) is 0.417. The second kappa shape index (κ2) is 7.30. The lowest BCUT2D eigenvalue weighted by Crippen LogP contribution is -2.34. The SMILES string of the molecule is CCOC(=O)[C@H](F)[C@H](N[SH]=O)c1cc(C)ccc1F. The van der Waals surface area contributed by atoms with Crippen LogP contribution >= 0.6 is 0 Å². The van der Waals surface area contributed by atoms with Crippen LogP contribution in [0.3, 0.4) is 0 Å². The zero-order valence-electron chi connectivity index (χ0n) is 10.5. The zero-order chi connectivity index (χ0) is 14.4. The second-order valence-corrected chi connectivity index (χ2v) is 4.32. The van der Waals surface area contributed by atoms with Crippen molar-refractivity contribution < 1.29 is 22.5 Å². The molecule has 0 aromatic heterocycles. The standard InChI is InChI=1S/C12H15F2NO3S/c1-3-18-12(16)10(14)11(15-19-17)8-6-7(2)4-5-9(8)13/h4-6,10-11,19H,3H2,1-2H3,(H,15,17)/t10-,11-/m1/s1. The number of aryl methyl sites for hydroxylation is 1. The average molecular weight is 291 g/mol. The minimum atomic E-state index is -2.14. The Balaban J connectivity index is 3.08. The lowest BCUT2D eigenvalue weighted by molar-refractivity contribution is -0.150. The molecule has 0 heterocycles. The largest absolute Gasteiger partial charge is 0.464 e. The Morgan fingerprint density at radius 3 is 2.79 bits per heavy atom. The number of thiol groups is 1. The molecule has 106 valence electrons. The summed E-state index contributed by atoms with van der Waals surface area (Å²) in [6.07, 6.45) is -2.14. The van der Waals surface area contributed by atoms with E-state index in [2.05, 4.69) is 9.46 Å². The molecule has 0 saturated heterocycles. The van der Waals surface area contributed by atoms with Crippen LogP contribution in [0.25, 0.3) is 0 Å². The topological polar surface area (TPSA) is 55.4 Å². The summed E-state index contributed by atoms with van der Waals surface area (Å²) in [4.78, 5) is 11.4. The van der Waals surface area contributed by atoms with Crippen LogP contribution < -0.4 is 4.72 Å². The number of alkyl halides is 1. The highest BCUT2D eigenvalue weighted by molar-refractivity contribution is 7.63. The fourth-order valence-corrected chi connectivity index (χ4v) is 1.99. The van der Waals surface area contributed by atoms with E-state index >= 15 is 0 Å². The predicted molar refractivity (Wildman–Crippen MR) is 68.1 cm³/mol. The Labute approximate surface area is 113 Å². The Hall–Kier alpha value is -1.34. The minimum absolute atomic E-state index is 0.0113. The molecule has 0 aliphatic rings. The summed E-state index contributed by atoms with van der Waals surface area (Å²) >= 11 is -0.601. The molecule has 0 fully saturated rings. The van der Waals surface area contributed by atoms with Crippen LogP contribution in [0.4, 0.5) is 8.78 Å². The van der Waals surface area contributed by atoms with Crippen molar-refractivity contribution in [3.8, 4) is 0 Å². The molecule has 2 atom stereocenters. The number of halogens is 2. The monoisotopic (exact) mass is 291 g/mol. The lowest BCUT2D eigenvalue weighted by atomic mass is 10.0. The van der Waals surface area contributed by atoms with Crippen molar-refractivity contribution in [2.45, 2.75) is 26.1 Å². The van der Waals surface area contributed by atoms with Crippen molar-refractivity contribution in [3.63, 3.8) is 0 Å². The summed E-state index contributed by atoms with van der Waals surface area (Å²) in [5.74, 6) is -1.80. The highest BCUT2D eigenvalue weighted by Gasteiger charge is 2.32. The van der Waals surface area contributed by atoms with Crippen molar-refractivity contribution >= 4 is 17.8 Å². The molecule has 0 spiro atoms. The van der Waals surface area contributed by atoms with Gasteiger partial charge in [0, 0.05) is 5.56 Å². The van der Waals surface area contributed by atoms with Crippen LogP contribution in [0, 0.1) is 12.7 Å². The van der Waals surface area contributed by atoms with Crippen molar-refractivity contribution in [2.24, 2.45) is 0 Å². The Morgan fingerprint density at radius 1 is 1.53 bits per heavy atom. The van der Waals surface area contributed by atoms with Gasteiger partial charge in [-0.3, -0.25) is 0 Å². The molecule has 19 heavy (non-hydrogen) atoms. The van der Waals surface area contributed by atoms with Gasteiger partial charge in [-0.1, -0.05) is 17.7 Å². The van der Waals surface area contributed by atoms with Gasteiger partial charge in [-0.25, -0.2) is 22.5 Å². The lowest BCUT2D eigenvalue weighted by Gasteiger charge is -2.19. The van der Waals surface area contributed by atoms with Gasteiger partial charge in [0.05, 0.1) is 24.5 Å². The van der Waals surface area contributed by atoms with Crippen molar-refractivity contribution in [1.29, 1.82) is 0 Å². The molecule has 0 saturated carbocycles. The van der Waals surface area contributed by atoms with Gasteiger partial charge in [-0.15, -0.1) is 0 Å². The number of nitrogens with one attached hydrogen (secondary N) is 1. The van der Waals surface area contributed by atoms with E-state index in [9.17, 15) is 17.8 Å². The first-order valence-electron chi connectivity index (χ1n) is 5.65. The summed E-state index contributed by atoms with van der Waals surface area (Å²) in [7, 11) is 0. The Morgan fingerprint density at radius 2 is 2.21 bits per heavy atom. The van der Waals surface area contributed by atoms with Crippen LogP contribution in [-0.2, 0) is 21.4 Å². The van der Waals surface area contributed by atoms with Crippen LogP contribution in [0.2, 0.25) is 0 Å². The highest BCUT2D eigenvalue weighted by atomic mass is 32.2. The molecule has 1 aromatic rings. The fourth-order valence-electron chi connectivity index (χ4n) is 1.61. The van der Waals surface area contributed by atoms with Gasteiger partial charge in [0.2, 0.25) is 6.17 Å². The number of rotatable bonds is 6. The molecular weight excluding hydrogens is 276 g/mol. The van der Waals surface area contributed by atoms with Crippen molar-refractivity contribution in [1.82, 2.24) is 4.72 Å². The first-order valence-corrected chi connectivity index (χ1v) is 6.47. The Kier molecular flexibility index (Phi) is 6.04. The van der Waals surface area contributed by atoms with Crippen LogP contribution in [-0.4, -0.2) is 23.0 Å². The first kappa shape index (κ1) is 15.7. The maximum atomic E-state index is 14.0. The average Bonchev–Trinajstić information content (AvgIpc) is 2.38. The molecule has 1 rings (SSSR count). The van der Waals surface area contributed by atoms with Gasteiger partial charge < -0.3 is 4.74 Å². The molecule has 0 aliphatic heterocycles. The van der Waals surface area contributed by atoms with E-state index in [1.54, 1.807) is 6.92 Å². The van der Waals surface area contributed by atoms with Crippen molar-refractivity contribution in [2.75, 3.05) is 6.61 Å². The minimum Gasteiger partial charge on any atom is -0.464 e. The number of esters is 1. The van der Waals surface area contributed by atoms with Gasteiger partial charge in [0.1, 0.15) is 5.82 Å². The molecule has 0 unspecified atom stereocenters. The third-order valence-corrected chi connectivity index (χ3v) is 2.87. The van der Waals surface area contributed by atoms with E-state index in [0.29, 0.717) is 5.56 Å². The quantitative estimate of drug-likeness (QED) is 0.617. The number of hydrogen-bond acceptors (Lipinski definition) is 3. The number of hydrogen-bond donors (Lipinski definition) is 2. The van der Waals surface area contributed by atoms with Gasteiger partial charge in [-0.2, -0.15) is 0 Å². The molecule has 0 amide bonds. The molecule has 0 bridgehead atoms. The number of benzene rings is 1. The maximum absolute atomic E-state index is 14.0. The Bertz CT molecular complexity index is 470. The maximum Gasteiger partial charge on any atom is 0.342 e. The van der Waals surface area contributed by atoms with Crippen molar-refractivity contribution in [3.05, 3.63) is 35.1 Å². The zero-order valence-corrected chi connectivity index (χ0v) is 11.4. The second-order valence-electron chi connectivity index (χ2n) is 3.88. The summed E-state index contributed by atoms with van der Waals surface area (Å²) in [6.45, 7) is 3.25. The third-order valence-electron chi connectivity index (χ3n) is 2.48. The van der Waals surface area contributed by atoms with E-state index in [1.807, 2.05) is 0 Å². The van der Waals surface area contributed by atoms with Crippen LogP contribution in [0.15, 0.2) is 18.2 Å². The molecule has 7 heteroatoms. The van der Waals surface area contributed by atoms with Crippen LogP contribution in [0.1, 0.15) is 24.1 Å². The van der Waals surface area contributed by atoms with E-state index < -0.39 is 35.9 Å². The van der Waals surface area contributed by atoms with E-state index in [4.69, 9.17) is 0 Å². The smallest absolute Gasteiger partial charge is 0.342 e. The van der Waals surface area contributed by atoms with Gasteiger partial charge in [-0.05, 0) is 19.9 Å². The van der Waals surface area contributed by atoms with E-state index in [1.165, 1.54) is 25.1 Å². The molecular formula is C12H15F2NO3S. The normalized spacial score (nSPS) is 13.9. The van der Waals surface area contributed by atoms with Crippen LogP contribution in [0.5, 0.6) is 0 Å². The molecule has 1 N–H and O–H groups in total. The van der Waals surface area contributed by atoms with Gasteiger partial charge in [0.25, 0.3) is 0 Å². The highest BCUT2D eigenvalue weighted by Crippen LogP contribution is 2.24. The number of ether oxygens (including phenoxy) is 1. The predicted octanol–water partition coefficient (Wildman–Crippen LogP) is 1.53. The number of carbonyl (C=O) groups is 1. The summed E-state index contributed by atoms with van der Waals surface area (Å²) in [5, 5.41) is 0. The van der Waals surface area contributed by atoms with E-state index in [0.717, 1.165) is 0 Å². The summed E-state index contributed by atoms with van der Waals surface area (Å²) < 4.78 is 45.0. The molecule has 1 aromatic carbocycles. The van der Waals surface area contributed by atoms with E-state index in [-0.39, 0.29) is 12.2 Å². The molecule has 0 radical (unpaired) electrons. The van der Waals surface area contributed by atoms with Gasteiger partial charge >= 0.3 is 5.97 Å².